The lowest BCUT2D eigenvalue weighted by Crippen LogP contribution is -2.47. The second-order valence-electron chi connectivity index (χ2n) is 9.35. The zero-order valence-corrected chi connectivity index (χ0v) is 15.1. The van der Waals surface area contributed by atoms with Crippen LogP contribution in [0, 0.1) is 23.2 Å². The predicted molar refractivity (Wildman–Crippen MR) is 92.3 cm³/mol. The maximum Gasteiger partial charge on any atom is 0.407 e. The molecule has 0 aromatic rings. The summed E-state index contributed by atoms with van der Waals surface area (Å²) in [6.45, 7) is 8.20. The summed E-state index contributed by atoms with van der Waals surface area (Å²) in [4.78, 5) is 11.6. The summed E-state index contributed by atoms with van der Waals surface area (Å²) in [5, 5.41) is 6.32. The van der Waals surface area contributed by atoms with E-state index >= 15 is 0 Å². The van der Waals surface area contributed by atoms with Gasteiger partial charge in [0.1, 0.15) is 5.60 Å². The van der Waals surface area contributed by atoms with Crippen molar-refractivity contribution in [3.05, 3.63) is 0 Å². The predicted octanol–water partition coefficient (Wildman–Crippen LogP) is 3.71. The van der Waals surface area contributed by atoms with Gasteiger partial charge < -0.3 is 15.4 Å². The zero-order valence-electron chi connectivity index (χ0n) is 15.1. The van der Waals surface area contributed by atoms with Gasteiger partial charge in [0.2, 0.25) is 0 Å². The van der Waals surface area contributed by atoms with Crippen molar-refractivity contribution in [1.29, 1.82) is 0 Å². The smallest absolute Gasteiger partial charge is 0.407 e. The van der Waals surface area contributed by atoms with Crippen molar-refractivity contribution in [2.24, 2.45) is 23.2 Å². The molecule has 0 aromatic carbocycles. The topological polar surface area (TPSA) is 50.4 Å². The van der Waals surface area contributed by atoms with Crippen LogP contribution in [0.15, 0.2) is 0 Å². The number of amides is 1. The van der Waals surface area contributed by atoms with Gasteiger partial charge in [0.15, 0.2) is 0 Å². The summed E-state index contributed by atoms with van der Waals surface area (Å²) in [5.41, 5.74) is 0.233. The summed E-state index contributed by atoms with van der Waals surface area (Å²) >= 11 is 0. The van der Waals surface area contributed by atoms with Crippen molar-refractivity contribution >= 4 is 6.09 Å². The largest absolute Gasteiger partial charge is 0.444 e. The minimum absolute atomic E-state index is 0.319. The molecular weight excluding hydrogens is 288 g/mol. The fraction of sp³-hybridized carbons (Fsp3) is 0.947. The fourth-order valence-electron chi connectivity index (χ4n) is 5.64. The highest BCUT2D eigenvalue weighted by atomic mass is 16.6. The van der Waals surface area contributed by atoms with Crippen LogP contribution >= 0.6 is 0 Å². The van der Waals surface area contributed by atoms with Crippen molar-refractivity contribution in [3.63, 3.8) is 0 Å². The molecule has 0 atom stereocenters. The van der Waals surface area contributed by atoms with Gasteiger partial charge in [0.25, 0.3) is 0 Å². The van der Waals surface area contributed by atoms with Crippen LogP contribution in [-0.2, 0) is 4.74 Å². The van der Waals surface area contributed by atoms with Crippen LogP contribution in [0.1, 0.15) is 65.7 Å². The highest BCUT2D eigenvalue weighted by molar-refractivity contribution is 5.67. The van der Waals surface area contributed by atoms with Crippen LogP contribution in [0.2, 0.25) is 0 Å². The third kappa shape index (κ3) is 4.62. The molecule has 1 amide bonds. The van der Waals surface area contributed by atoms with Gasteiger partial charge in [0, 0.05) is 13.1 Å². The van der Waals surface area contributed by atoms with Crippen LogP contribution in [0.3, 0.4) is 0 Å². The Morgan fingerprint density at radius 3 is 2.09 bits per heavy atom. The third-order valence-electron chi connectivity index (χ3n) is 5.97. The summed E-state index contributed by atoms with van der Waals surface area (Å²) in [7, 11) is 0. The Morgan fingerprint density at radius 2 is 1.57 bits per heavy atom. The van der Waals surface area contributed by atoms with Gasteiger partial charge in [-0.15, -0.1) is 0 Å². The van der Waals surface area contributed by atoms with E-state index in [-0.39, 0.29) is 6.09 Å². The van der Waals surface area contributed by atoms with Gasteiger partial charge in [-0.2, -0.15) is 0 Å². The molecule has 4 aliphatic carbocycles. The maximum atomic E-state index is 11.6. The number of rotatable bonds is 6. The minimum Gasteiger partial charge on any atom is -0.444 e. The van der Waals surface area contributed by atoms with Crippen LogP contribution in [-0.4, -0.2) is 31.3 Å². The second-order valence-corrected chi connectivity index (χ2v) is 9.35. The van der Waals surface area contributed by atoms with E-state index in [1.54, 1.807) is 0 Å². The van der Waals surface area contributed by atoms with Crippen molar-refractivity contribution in [3.8, 4) is 0 Å². The Labute approximate surface area is 141 Å². The minimum atomic E-state index is -0.421. The molecule has 0 aromatic heterocycles. The number of nitrogens with one attached hydrogen (secondary N) is 2. The molecule has 132 valence electrons. The summed E-state index contributed by atoms with van der Waals surface area (Å²) < 4.78 is 5.23. The molecule has 2 N–H and O–H groups in total. The first kappa shape index (κ1) is 17.1. The molecule has 4 nitrogen and oxygen atoms in total. The van der Waals surface area contributed by atoms with Crippen molar-refractivity contribution in [2.75, 3.05) is 19.6 Å². The Balaban J connectivity index is 1.30. The van der Waals surface area contributed by atoms with Crippen molar-refractivity contribution < 1.29 is 9.53 Å². The summed E-state index contributed by atoms with van der Waals surface area (Å²) in [6.07, 6.45) is 10.0. The van der Waals surface area contributed by atoms with E-state index in [1.807, 2.05) is 20.8 Å². The number of carbonyl (C=O) groups excluding carboxylic acids is 1. The van der Waals surface area contributed by atoms with E-state index in [9.17, 15) is 4.79 Å². The Hall–Kier alpha value is -0.770. The lowest BCUT2D eigenvalue weighted by molar-refractivity contribution is -0.0567. The Kier molecular flexibility index (Phi) is 4.91. The summed E-state index contributed by atoms with van der Waals surface area (Å²) in [6, 6.07) is 0. The maximum absolute atomic E-state index is 11.6. The first-order chi connectivity index (χ1) is 10.8. The molecule has 0 radical (unpaired) electrons. The number of carbonyl (C=O) groups is 1. The normalized spacial score (nSPS) is 35.3. The average Bonchev–Trinajstić information content (AvgIpc) is 2.39. The van der Waals surface area contributed by atoms with Crippen LogP contribution in [0.5, 0.6) is 0 Å². The Morgan fingerprint density at radius 1 is 1.00 bits per heavy atom. The quantitative estimate of drug-likeness (QED) is 0.733. The first-order valence-corrected chi connectivity index (χ1v) is 9.51. The molecular formula is C19H34N2O2. The SMILES string of the molecule is CC(C)(C)OC(=O)NCCNCCC12CC3CC(CC(C3)C1)C2. The van der Waals surface area contributed by atoms with E-state index in [2.05, 4.69) is 10.6 Å². The average molecular weight is 322 g/mol. The number of hydrogen-bond donors (Lipinski definition) is 2. The van der Waals surface area contributed by atoms with E-state index < -0.39 is 5.60 Å². The zero-order chi connectivity index (χ0) is 16.5. The van der Waals surface area contributed by atoms with Gasteiger partial charge in [-0.05, 0) is 95.4 Å². The monoisotopic (exact) mass is 322 g/mol. The molecule has 0 spiro atoms. The summed E-state index contributed by atoms with van der Waals surface area (Å²) in [5.74, 6) is 3.11. The molecule has 4 saturated carbocycles. The third-order valence-corrected chi connectivity index (χ3v) is 5.97. The van der Waals surface area contributed by atoms with Gasteiger partial charge in [-0.3, -0.25) is 0 Å². The van der Waals surface area contributed by atoms with Gasteiger partial charge in [0.05, 0.1) is 0 Å². The van der Waals surface area contributed by atoms with Crippen LogP contribution in [0.4, 0.5) is 4.79 Å². The second kappa shape index (κ2) is 6.62. The highest BCUT2D eigenvalue weighted by Crippen LogP contribution is 2.61. The molecule has 0 heterocycles. The lowest BCUT2D eigenvalue weighted by Gasteiger charge is -2.57. The Bertz CT molecular complexity index is 392. The molecule has 4 aliphatic rings. The number of alkyl carbamates (subject to hydrolysis) is 1. The molecule has 0 saturated heterocycles. The molecule has 4 heteroatoms. The molecule has 4 bridgehead atoms. The fourth-order valence-corrected chi connectivity index (χ4v) is 5.64. The van der Waals surface area contributed by atoms with Gasteiger partial charge >= 0.3 is 6.09 Å². The van der Waals surface area contributed by atoms with Crippen molar-refractivity contribution in [1.82, 2.24) is 10.6 Å². The molecule has 4 rings (SSSR count). The molecule has 23 heavy (non-hydrogen) atoms. The lowest BCUT2D eigenvalue weighted by atomic mass is 9.49. The van der Waals surface area contributed by atoms with E-state index in [4.69, 9.17) is 4.74 Å². The number of ether oxygens (including phenoxy) is 1. The molecule has 4 fully saturated rings. The van der Waals surface area contributed by atoms with Crippen molar-refractivity contribution in [2.45, 2.75) is 71.3 Å². The van der Waals surface area contributed by atoms with E-state index in [0.717, 1.165) is 30.8 Å². The highest BCUT2D eigenvalue weighted by Gasteiger charge is 2.50. The van der Waals surface area contributed by atoms with E-state index in [0.29, 0.717) is 12.0 Å². The number of hydrogen-bond acceptors (Lipinski definition) is 3. The molecule has 0 aliphatic heterocycles. The standard InChI is InChI=1S/C19H34N2O2/c1-18(2,3)23-17(22)21-7-6-20-5-4-19-11-14-8-15(12-19)10-16(9-14)13-19/h14-16,20H,4-13H2,1-3H3,(H,21,22). The van der Waals surface area contributed by atoms with E-state index in [1.165, 1.54) is 44.9 Å². The van der Waals surface area contributed by atoms with Crippen LogP contribution < -0.4 is 10.6 Å². The molecule has 0 unspecified atom stereocenters. The van der Waals surface area contributed by atoms with Crippen LogP contribution in [0.25, 0.3) is 0 Å². The van der Waals surface area contributed by atoms with Gasteiger partial charge in [-0.1, -0.05) is 0 Å². The van der Waals surface area contributed by atoms with Gasteiger partial charge in [-0.25, -0.2) is 4.79 Å². The first-order valence-electron chi connectivity index (χ1n) is 9.51.